The molecule has 3 N–H and O–H groups in total. The molecule has 2 unspecified atom stereocenters. The Bertz CT molecular complexity index is 1510. The summed E-state index contributed by atoms with van der Waals surface area (Å²) < 4.78 is 18.1. The van der Waals surface area contributed by atoms with Crippen molar-refractivity contribution in [1.29, 1.82) is 0 Å². The van der Waals surface area contributed by atoms with E-state index in [1.165, 1.54) is 13.8 Å². The van der Waals surface area contributed by atoms with Gasteiger partial charge in [-0.2, -0.15) is 0 Å². The van der Waals surface area contributed by atoms with Crippen molar-refractivity contribution in [2.24, 2.45) is 0 Å². The number of alkyl carbamates (subject to hydrolysis) is 1. The molecule has 0 aliphatic rings. The molecule has 0 fully saturated rings. The number of amides is 4. The molecule has 4 amide bonds. The molecular formula is C35H48N6O7. The van der Waals surface area contributed by atoms with Gasteiger partial charge in [-0.25, -0.2) is 9.78 Å². The summed E-state index contributed by atoms with van der Waals surface area (Å²) in [6, 6.07) is 15.7. The lowest BCUT2D eigenvalue weighted by molar-refractivity contribution is -0.131. The Kier molecular flexibility index (Phi) is 13.1. The highest BCUT2D eigenvalue weighted by Gasteiger charge is 2.34. The van der Waals surface area contributed by atoms with Crippen LogP contribution in [0.15, 0.2) is 67.1 Å². The van der Waals surface area contributed by atoms with E-state index in [2.05, 4.69) is 20.9 Å². The van der Waals surface area contributed by atoms with Crippen LogP contribution in [0.5, 0.6) is 5.75 Å². The normalized spacial score (nSPS) is 12.8. The molecule has 1 heterocycles. The highest BCUT2D eigenvalue weighted by Crippen LogP contribution is 2.25. The molecule has 3 rings (SSSR count). The molecule has 48 heavy (non-hydrogen) atoms. The van der Waals surface area contributed by atoms with Gasteiger partial charge in [-0.3, -0.25) is 14.4 Å². The van der Waals surface area contributed by atoms with Crippen molar-refractivity contribution in [2.75, 3.05) is 33.1 Å². The molecule has 0 radical (unpaired) electrons. The summed E-state index contributed by atoms with van der Waals surface area (Å²) in [5.41, 5.74) is -0.408. The fourth-order valence-electron chi connectivity index (χ4n) is 4.63. The average Bonchev–Trinajstić information content (AvgIpc) is 3.46. The van der Waals surface area contributed by atoms with Gasteiger partial charge in [0.2, 0.25) is 11.8 Å². The van der Waals surface area contributed by atoms with E-state index in [-0.39, 0.29) is 24.9 Å². The number of aryl methyl sites for hydroxylation is 1. The second kappa shape index (κ2) is 16.8. The number of likely N-dealkylation sites (N-methyl/N-ethyl adjacent to an activating group) is 1. The SMILES string of the molecule is COc1ccc(C(CCn2cnc(NC(=O)C(COCc3ccccc3)NC(=O)C(C)(C)NC(=O)OC(C)(C)C)c2)C(=O)N(C)C)cc1. The van der Waals surface area contributed by atoms with E-state index in [4.69, 9.17) is 14.2 Å². The molecule has 0 spiro atoms. The van der Waals surface area contributed by atoms with Crippen LogP contribution in [0.25, 0.3) is 0 Å². The third-order valence-corrected chi connectivity index (χ3v) is 7.22. The molecule has 13 nitrogen and oxygen atoms in total. The molecule has 1 aromatic heterocycles. The monoisotopic (exact) mass is 664 g/mol. The number of anilines is 1. The van der Waals surface area contributed by atoms with Gasteiger partial charge in [0, 0.05) is 26.8 Å². The summed E-state index contributed by atoms with van der Waals surface area (Å²) in [4.78, 5) is 58.1. The number of hydrogen-bond donors (Lipinski definition) is 3. The van der Waals surface area contributed by atoms with Crippen molar-refractivity contribution in [1.82, 2.24) is 25.1 Å². The standard InChI is InChI=1S/C35H48N6O7/c1-34(2,3)48-33(45)39-35(4,5)32(44)37-28(22-47-21-24-12-10-9-11-13-24)30(42)38-29-20-41(23-36-29)19-18-27(31(43)40(6)7)25-14-16-26(46-8)17-15-25/h9-17,20,23,27-28H,18-19,21-22H2,1-8H3,(H,37,44)(H,38,42)(H,39,45). The second-order valence-electron chi connectivity index (χ2n) is 13.1. The first-order chi connectivity index (χ1) is 22.6. The number of ether oxygens (including phenoxy) is 3. The number of aromatic nitrogens is 2. The number of carbonyl (C=O) groups is 4. The minimum atomic E-state index is -1.41. The summed E-state index contributed by atoms with van der Waals surface area (Å²) in [5.74, 6) is -0.649. The van der Waals surface area contributed by atoms with Gasteiger partial charge in [-0.05, 0) is 64.3 Å². The quantitative estimate of drug-likeness (QED) is 0.220. The van der Waals surface area contributed by atoms with Crippen molar-refractivity contribution < 1.29 is 33.4 Å². The van der Waals surface area contributed by atoms with Crippen molar-refractivity contribution >= 4 is 29.6 Å². The van der Waals surface area contributed by atoms with E-state index >= 15 is 0 Å². The molecule has 260 valence electrons. The molecule has 2 aromatic carbocycles. The van der Waals surface area contributed by atoms with Gasteiger partial charge in [0.05, 0.1) is 32.6 Å². The number of methoxy groups -OCH3 is 1. The van der Waals surface area contributed by atoms with E-state index in [0.717, 1.165) is 11.1 Å². The predicted octanol–water partition coefficient (Wildman–Crippen LogP) is 4.10. The van der Waals surface area contributed by atoms with E-state index in [0.29, 0.717) is 18.7 Å². The summed E-state index contributed by atoms with van der Waals surface area (Å²) in [5, 5.41) is 7.99. The van der Waals surface area contributed by atoms with Crippen LogP contribution in [-0.2, 0) is 37.0 Å². The van der Waals surface area contributed by atoms with Crippen LogP contribution >= 0.6 is 0 Å². The van der Waals surface area contributed by atoms with Crippen molar-refractivity contribution in [3.05, 3.63) is 78.2 Å². The molecule has 2 atom stereocenters. The van der Waals surface area contributed by atoms with Crippen LogP contribution in [0.3, 0.4) is 0 Å². The van der Waals surface area contributed by atoms with Crippen LogP contribution in [0.4, 0.5) is 10.6 Å². The number of imidazole rings is 1. The first-order valence-electron chi connectivity index (χ1n) is 15.7. The van der Waals surface area contributed by atoms with Gasteiger partial charge in [0.25, 0.3) is 5.91 Å². The lowest BCUT2D eigenvalue weighted by Gasteiger charge is -2.29. The van der Waals surface area contributed by atoms with Crippen LogP contribution in [0.1, 0.15) is 58.1 Å². The third-order valence-electron chi connectivity index (χ3n) is 7.22. The number of nitrogens with zero attached hydrogens (tertiary/aromatic N) is 3. The minimum absolute atomic E-state index is 0.0352. The Morgan fingerprint density at radius 2 is 1.62 bits per heavy atom. The number of rotatable bonds is 15. The molecule has 0 bridgehead atoms. The maximum atomic E-state index is 13.5. The Morgan fingerprint density at radius 3 is 2.23 bits per heavy atom. The van der Waals surface area contributed by atoms with Crippen LogP contribution < -0.4 is 20.7 Å². The molecule has 13 heteroatoms. The largest absolute Gasteiger partial charge is 0.497 e. The summed E-state index contributed by atoms with van der Waals surface area (Å²) in [6.07, 6.45) is 2.93. The smallest absolute Gasteiger partial charge is 0.408 e. The molecule has 3 aromatic rings. The van der Waals surface area contributed by atoms with Gasteiger partial charge in [0.1, 0.15) is 22.9 Å². The van der Waals surface area contributed by atoms with Crippen molar-refractivity contribution in [3.63, 3.8) is 0 Å². The van der Waals surface area contributed by atoms with Gasteiger partial charge < -0.3 is 39.6 Å². The number of nitrogens with one attached hydrogen (secondary N) is 3. The summed E-state index contributed by atoms with van der Waals surface area (Å²) in [7, 11) is 5.03. The molecule has 0 aliphatic carbocycles. The zero-order valence-corrected chi connectivity index (χ0v) is 29.0. The Labute approximate surface area is 282 Å². The second-order valence-corrected chi connectivity index (χ2v) is 13.1. The average molecular weight is 665 g/mol. The summed E-state index contributed by atoms with van der Waals surface area (Å²) >= 11 is 0. The van der Waals surface area contributed by atoms with Gasteiger partial charge >= 0.3 is 6.09 Å². The lowest BCUT2D eigenvalue weighted by Crippen LogP contribution is -2.59. The van der Waals surface area contributed by atoms with E-state index in [1.54, 1.807) is 64.0 Å². The predicted molar refractivity (Wildman–Crippen MR) is 181 cm³/mol. The molecule has 0 saturated carbocycles. The lowest BCUT2D eigenvalue weighted by atomic mass is 9.94. The van der Waals surface area contributed by atoms with Gasteiger partial charge in [0.15, 0.2) is 5.82 Å². The zero-order chi connectivity index (χ0) is 35.5. The van der Waals surface area contributed by atoms with E-state index < -0.39 is 41.0 Å². The minimum Gasteiger partial charge on any atom is -0.497 e. The molecular weight excluding hydrogens is 616 g/mol. The molecule has 0 saturated heterocycles. The van der Waals surface area contributed by atoms with Gasteiger partial charge in [-0.15, -0.1) is 0 Å². The Hall–Kier alpha value is -4.91. The number of hydrogen-bond acceptors (Lipinski definition) is 8. The van der Waals surface area contributed by atoms with Gasteiger partial charge in [-0.1, -0.05) is 42.5 Å². The summed E-state index contributed by atoms with van der Waals surface area (Å²) in [6.45, 7) is 8.68. The van der Waals surface area contributed by atoms with Crippen molar-refractivity contribution in [2.45, 2.75) is 77.3 Å². The number of carbonyl (C=O) groups excluding carboxylic acids is 4. The van der Waals surface area contributed by atoms with Crippen LogP contribution in [-0.4, -0.2) is 83.3 Å². The maximum absolute atomic E-state index is 13.5. The topological polar surface area (TPSA) is 153 Å². The van der Waals surface area contributed by atoms with Crippen molar-refractivity contribution in [3.8, 4) is 5.75 Å². The fourth-order valence-corrected chi connectivity index (χ4v) is 4.63. The zero-order valence-electron chi connectivity index (χ0n) is 29.0. The third kappa shape index (κ3) is 11.7. The van der Waals surface area contributed by atoms with E-state index in [9.17, 15) is 19.2 Å². The Morgan fingerprint density at radius 1 is 0.958 bits per heavy atom. The van der Waals surface area contributed by atoms with Crippen LogP contribution in [0, 0.1) is 0 Å². The Balaban J connectivity index is 1.70. The maximum Gasteiger partial charge on any atom is 0.408 e. The molecule has 0 aliphatic heterocycles. The first kappa shape index (κ1) is 37.5. The van der Waals surface area contributed by atoms with Crippen LogP contribution in [0.2, 0.25) is 0 Å². The first-order valence-corrected chi connectivity index (χ1v) is 15.7. The fraction of sp³-hybridized carbons (Fsp3) is 0.457. The van der Waals surface area contributed by atoms with E-state index in [1.807, 2.05) is 54.6 Å². The highest BCUT2D eigenvalue weighted by molar-refractivity contribution is 5.98. The highest BCUT2D eigenvalue weighted by atomic mass is 16.6. The number of benzene rings is 2.